The second-order valence-corrected chi connectivity index (χ2v) is 12.0. The number of ether oxygens (including phenoxy) is 2. The van der Waals surface area contributed by atoms with E-state index in [1.54, 1.807) is 13.8 Å². The Balaban J connectivity index is 1.56. The standard InChI is InChI=1S/C29H35N4O10P/c1-3-40-28(37)31-25(34)19-9-13-21(14-10-19)42-44(39,24-8-6-18-33(24)27(36)23-7-5-17-30-23)43-22-15-11-20(12-16-22)26(35)32-29(38)41-4-2/h9-16,23-24,30H,3-8,17-18H2,1-2H3,(H,31,34,37)(H,32,35,38)/t23-,24?/m0/s1. The topological polar surface area (TPSA) is 179 Å². The van der Waals surface area contributed by atoms with Crippen LogP contribution in [0.2, 0.25) is 0 Å². The van der Waals surface area contributed by atoms with Gasteiger partial charge in [-0.2, -0.15) is 0 Å². The summed E-state index contributed by atoms with van der Waals surface area (Å²) in [6.07, 6.45) is 0.686. The van der Waals surface area contributed by atoms with Crippen LogP contribution >= 0.6 is 7.60 Å². The van der Waals surface area contributed by atoms with Gasteiger partial charge in [0.2, 0.25) is 5.91 Å². The molecule has 0 saturated carbocycles. The summed E-state index contributed by atoms with van der Waals surface area (Å²) in [5, 5.41) is 7.36. The zero-order chi connectivity index (χ0) is 31.7. The van der Waals surface area contributed by atoms with Crippen LogP contribution in [0.15, 0.2) is 48.5 Å². The quantitative estimate of drug-likeness (QED) is 0.325. The van der Waals surface area contributed by atoms with Gasteiger partial charge in [-0.05, 0) is 94.6 Å². The molecular weight excluding hydrogens is 595 g/mol. The third-order valence-corrected chi connectivity index (χ3v) is 9.11. The molecule has 0 aromatic heterocycles. The molecule has 4 rings (SSSR count). The highest BCUT2D eigenvalue weighted by Gasteiger charge is 2.49. The molecule has 2 aliphatic rings. The molecule has 2 aromatic rings. The average Bonchev–Trinajstić information content (AvgIpc) is 3.71. The molecule has 3 N–H and O–H groups in total. The molecule has 0 radical (unpaired) electrons. The highest BCUT2D eigenvalue weighted by molar-refractivity contribution is 7.55. The fourth-order valence-corrected chi connectivity index (χ4v) is 7.04. The van der Waals surface area contributed by atoms with E-state index in [0.717, 1.165) is 6.42 Å². The maximum Gasteiger partial charge on any atom is 0.453 e. The zero-order valence-electron chi connectivity index (χ0n) is 24.4. The minimum Gasteiger partial charge on any atom is -0.450 e. The van der Waals surface area contributed by atoms with E-state index in [1.165, 1.54) is 53.4 Å². The average molecular weight is 631 g/mol. The summed E-state index contributed by atoms with van der Waals surface area (Å²) < 4.78 is 36.1. The first-order chi connectivity index (χ1) is 21.1. The first-order valence-electron chi connectivity index (χ1n) is 14.3. The molecule has 15 heteroatoms. The van der Waals surface area contributed by atoms with Crippen molar-refractivity contribution in [2.45, 2.75) is 51.4 Å². The number of carbonyl (C=O) groups is 5. The predicted molar refractivity (Wildman–Crippen MR) is 156 cm³/mol. The fourth-order valence-electron chi connectivity index (χ4n) is 4.86. The lowest BCUT2D eigenvalue weighted by atomic mass is 10.2. The number of nitrogens with one attached hydrogen (secondary N) is 3. The van der Waals surface area contributed by atoms with Crippen LogP contribution in [0.3, 0.4) is 0 Å². The van der Waals surface area contributed by atoms with Crippen molar-refractivity contribution in [1.82, 2.24) is 20.9 Å². The lowest BCUT2D eigenvalue weighted by molar-refractivity contribution is -0.132. The van der Waals surface area contributed by atoms with Crippen LogP contribution < -0.4 is 25.0 Å². The number of likely N-dealkylation sites (tertiary alicyclic amines) is 1. The molecule has 5 amide bonds. The van der Waals surface area contributed by atoms with E-state index in [0.29, 0.717) is 32.4 Å². The van der Waals surface area contributed by atoms with E-state index < -0.39 is 43.4 Å². The van der Waals surface area contributed by atoms with E-state index in [2.05, 4.69) is 16.0 Å². The Hall–Kier alpha value is -4.42. The summed E-state index contributed by atoms with van der Waals surface area (Å²) >= 11 is 0. The van der Waals surface area contributed by atoms with Crippen LogP contribution in [0.25, 0.3) is 0 Å². The molecule has 14 nitrogen and oxygen atoms in total. The van der Waals surface area contributed by atoms with E-state index in [1.807, 2.05) is 0 Å². The van der Waals surface area contributed by atoms with E-state index in [4.69, 9.17) is 18.5 Å². The lowest BCUT2D eigenvalue weighted by Gasteiger charge is -2.32. The smallest absolute Gasteiger partial charge is 0.450 e. The molecule has 2 atom stereocenters. The minimum absolute atomic E-state index is 0.0994. The third kappa shape index (κ3) is 8.14. The summed E-state index contributed by atoms with van der Waals surface area (Å²) in [5.41, 5.74) is 0.255. The van der Waals surface area contributed by atoms with Crippen molar-refractivity contribution in [3.8, 4) is 11.5 Å². The maximum atomic E-state index is 14.6. The van der Waals surface area contributed by atoms with Gasteiger partial charge in [0.1, 0.15) is 11.5 Å². The number of hydrogen-bond donors (Lipinski definition) is 3. The van der Waals surface area contributed by atoms with E-state index in [-0.39, 0.29) is 41.7 Å². The van der Waals surface area contributed by atoms with Crippen molar-refractivity contribution in [2.75, 3.05) is 26.3 Å². The van der Waals surface area contributed by atoms with Crippen LogP contribution in [-0.4, -0.2) is 72.9 Å². The highest BCUT2D eigenvalue weighted by atomic mass is 31.2. The van der Waals surface area contributed by atoms with E-state index >= 15 is 0 Å². The molecule has 44 heavy (non-hydrogen) atoms. The Kier molecular flexibility index (Phi) is 11.0. The molecule has 2 aromatic carbocycles. The predicted octanol–water partition coefficient (Wildman–Crippen LogP) is 3.81. The van der Waals surface area contributed by atoms with Gasteiger partial charge in [-0.1, -0.05) is 0 Å². The van der Waals surface area contributed by atoms with Crippen molar-refractivity contribution in [2.24, 2.45) is 0 Å². The molecule has 2 heterocycles. The molecule has 2 aliphatic heterocycles. The van der Waals surface area contributed by atoms with Gasteiger partial charge in [0.05, 0.1) is 19.3 Å². The molecule has 2 fully saturated rings. The number of amides is 5. The number of benzene rings is 2. The van der Waals surface area contributed by atoms with Crippen molar-refractivity contribution in [3.05, 3.63) is 59.7 Å². The van der Waals surface area contributed by atoms with Gasteiger partial charge >= 0.3 is 19.8 Å². The number of hydrogen-bond acceptors (Lipinski definition) is 11. The number of carbonyl (C=O) groups excluding carboxylic acids is 5. The van der Waals surface area contributed by atoms with Gasteiger partial charge in [0, 0.05) is 17.7 Å². The fraction of sp³-hybridized carbons (Fsp3) is 0.414. The minimum atomic E-state index is -4.17. The summed E-state index contributed by atoms with van der Waals surface area (Å²) in [6.45, 7) is 4.50. The van der Waals surface area contributed by atoms with Gasteiger partial charge < -0.3 is 28.7 Å². The van der Waals surface area contributed by atoms with E-state index in [9.17, 15) is 28.5 Å². The second kappa shape index (κ2) is 14.8. The second-order valence-electron chi connectivity index (χ2n) is 9.92. The Bertz CT molecular complexity index is 1330. The molecule has 0 spiro atoms. The summed E-state index contributed by atoms with van der Waals surface area (Å²) in [7, 11) is -4.17. The Labute approximate surface area is 254 Å². The van der Waals surface area contributed by atoms with Gasteiger partial charge in [-0.15, -0.1) is 0 Å². The van der Waals surface area contributed by atoms with Gasteiger partial charge in [0.25, 0.3) is 11.8 Å². The first kappa shape index (κ1) is 32.5. The molecule has 0 aliphatic carbocycles. The molecule has 2 saturated heterocycles. The van der Waals surface area contributed by atoms with Gasteiger partial charge in [-0.3, -0.25) is 25.0 Å². The molecular formula is C29H35N4O10P. The molecule has 1 unspecified atom stereocenters. The van der Waals surface area contributed by atoms with Gasteiger partial charge in [0.15, 0.2) is 5.78 Å². The summed E-state index contributed by atoms with van der Waals surface area (Å²) in [5.74, 6) is -2.28. The highest BCUT2D eigenvalue weighted by Crippen LogP contribution is 2.57. The van der Waals surface area contributed by atoms with Crippen molar-refractivity contribution in [1.29, 1.82) is 0 Å². The third-order valence-electron chi connectivity index (χ3n) is 6.91. The Morgan fingerprint density at radius 3 is 1.73 bits per heavy atom. The maximum absolute atomic E-state index is 14.6. The van der Waals surface area contributed by atoms with Crippen molar-refractivity contribution < 1.29 is 47.1 Å². The number of imide groups is 2. The van der Waals surface area contributed by atoms with Crippen LogP contribution in [0.4, 0.5) is 9.59 Å². The van der Waals surface area contributed by atoms with Crippen LogP contribution in [0, 0.1) is 0 Å². The van der Waals surface area contributed by atoms with Crippen LogP contribution in [0.5, 0.6) is 11.5 Å². The zero-order valence-corrected chi connectivity index (χ0v) is 25.3. The number of alkyl carbamates (subject to hydrolysis) is 2. The summed E-state index contributed by atoms with van der Waals surface area (Å²) in [6, 6.07) is 10.7. The van der Waals surface area contributed by atoms with Crippen molar-refractivity contribution >= 4 is 37.5 Å². The monoisotopic (exact) mass is 630 g/mol. The van der Waals surface area contributed by atoms with Crippen molar-refractivity contribution in [3.63, 3.8) is 0 Å². The molecule has 0 bridgehead atoms. The Morgan fingerprint density at radius 1 is 0.795 bits per heavy atom. The SMILES string of the molecule is CCOC(=O)NC(=O)c1ccc(OP(=O)(Oc2ccc(C(=O)NC(=O)OCC)cc2)C2CCCN2C(=O)[C@@H]2CCCN2)cc1. The summed E-state index contributed by atoms with van der Waals surface area (Å²) in [4.78, 5) is 62.8. The van der Waals surface area contributed by atoms with Crippen LogP contribution in [0.1, 0.15) is 60.2 Å². The first-order valence-corrected chi connectivity index (χ1v) is 15.9. The largest absolute Gasteiger partial charge is 0.453 e. The van der Waals surface area contributed by atoms with Gasteiger partial charge in [-0.25, -0.2) is 14.2 Å². The lowest BCUT2D eigenvalue weighted by Crippen LogP contribution is -2.46. The number of rotatable bonds is 10. The molecule has 236 valence electrons. The number of nitrogens with zero attached hydrogens (tertiary/aromatic N) is 1. The normalized spacial score (nSPS) is 17.8. The Morgan fingerprint density at radius 2 is 1.30 bits per heavy atom. The van der Waals surface area contributed by atoms with Crippen LogP contribution in [-0.2, 0) is 18.8 Å².